The molecule has 2 rings (SSSR count). The molecule has 46 heavy (non-hydrogen) atoms. The molecule has 0 N–H and O–H groups in total. The molecule has 2 aromatic rings. The van der Waals surface area contributed by atoms with E-state index in [2.05, 4.69) is 55.7 Å². The number of rotatable bonds is 29. The highest BCUT2D eigenvalue weighted by Crippen LogP contribution is 2.19. The van der Waals surface area contributed by atoms with Crippen molar-refractivity contribution in [3.8, 4) is 0 Å². The Kier molecular flexibility index (Phi) is 26.5. The van der Waals surface area contributed by atoms with Crippen LogP contribution in [0.2, 0.25) is 12.1 Å². The van der Waals surface area contributed by atoms with Crippen LogP contribution in [0.25, 0.3) is 0 Å². The fourth-order valence-electron chi connectivity index (χ4n) is 5.03. The highest BCUT2D eigenvalue weighted by molar-refractivity contribution is 6.61. The first-order chi connectivity index (χ1) is 21.5. The van der Waals surface area contributed by atoms with Crippen LogP contribution in [0.4, 0.5) is 0 Å². The van der Waals surface area contributed by atoms with Crippen LogP contribution in [0.3, 0.4) is 0 Å². The lowest BCUT2D eigenvalue weighted by Gasteiger charge is -2.28. The van der Waals surface area contributed by atoms with Crippen LogP contribution in [0.15, 0.2) is 37.4 Å². The fourth-order valence-corrected chi connectivity index (χ4v) is 10.2. The number of halogens is 2. The van der Waals surface area contributed by atoms with E-state index in [1.807, 2.05) is 41.5 Å². The van der Waals surface area contributed by atoms with Crippen molar-refractivity contribution in [2.75, 3.05) is 66.1 Å². The predicted molar refractivity (Wildman–Crippen MR) is 171 cm³/mol. The Hall–Kier alpha value is -0.886. The van der Waals surface area contributed by atoms with Gasteiger partial charge in [0.15, 0.2) is 0 Å². The monoisotopic (exact) mass is 730 g/mol. The Bertz CT molecular complexity index is 882. The van der Waals surface area contributed by atoms with Gasteiger partial charge in [0.05, 0.1) is 39.5 Å². The van der Waals surface area contributed by atoms with Crippen molar-refractivity contribution in [1.82, 2.24) is 9.13 Å². The molecule has 12 nitrogen and oxygen atoms in total. The summed E-state index contributed by atoms with van der Waals surface area (Å²) in [7, 11) is -5.17. The topological polar surface area (TPSA) is 91.5 Å². The first-order valence-corrected chi connectivity index (χ1v) is 20.4. The van der Waals surface area contributed by atoms with Gasteiger partial charge in [0.1, 0.15) is 37.9 Å². The van der Waals surface area contributed by atoms with Crippen LogP contribution in [0, 0.1) is 0 Å². The average Bonchev–Trinajstić information content (AvgIpc) is 3.65. The minimum atomic E-state index is -2.58. The van der Waals surface area contributed by atoms with Crippen LogP contribution in [-0.2, 0) is 62.2 Å². The van der Waals surface area contributed by atoms with Gasteiger partial charge in [-0.2, -0.15) is 0 Å². The maximum absolute atomic E-state index is 5.96. The largest absolute Gasteiger partial charge is 1.00 e. The summed E-state index contributed by atoms with van der Waals surface area (Å²) in [6, 6.07) is 1.63. The van der Waals surface area contributed by atoms with Crippen LogP contribution in [-0.4, -0.2) is 92.8 Å². The van der Waals surface area contributed by atoms with Crippen LogP contribution < -0.4 is 33.9 Å². The van der Waals surface area contributed by atoms with Crippen molar-refractivity contribution < 1.29 is 70.0 Å². The Morgan fingerprint density at radius 1 is 0.500 bits per heavy atom. The second kappa shape index (κ2) is 27.0. The zero-order chi connectivity index (χ0) is 31.9. The van der Waals surface area contributed by atoms with Crippen molar-refractivity contribution in [2.24, 2.45) is 0 Å². The van der Waals surface area contributed by atoms with Crippen molar-refractivity contribution in [1.29, 1.82) is 0 Å². The quantitative estimate of drug-likeness (QED) is 0.0516. The van der Waals surface area contributed by atoms with Crippen molar-refractivity contribution in [3.05, 3.63) is 37.4 Å². The summed E-state index contributed by atoms with van der Waals surface area (Å²) in [5, 5.41) is 0. The number of aryl methyl sites for hydroxylation is 2. The zero-order valence-corrected chi connectivity index (χ0v) is 32.5. The second-order valence-electron chi connectivity index (χ2n) is 10.2. The summed E-state index contributed by atoms with van der Waals surface area (Å²) in [6.07, 6.45) is 14.5. The van der Waals surface area contributed by atoms with E-state index in [1.165, 1.54) is 0 Å². The molecular weight excluding hydrogens is 671 g/mol. The number of aromatic nitrogens is 4. The van der Waals surface area contributed by atoms with Gasteiger partial charge in [0.25, 0.3) is 0 Å². The molecule has 0 spiro atoms. The van der Waals surface area contributed by atoms with Gasteiger partial charge in [0.2, 0.25) is 12.7 Å². The van der Waals surface area contributed by atoms with Gasteiger partial charge in [-0.25, -0.2) is 18.3 Å². The Labute approximate surface area is 292 Å². The molecule has 0 unspecified atom stereocenters. The average molecular weight is 732 g/mol. The first-order valence-electron chi connectivity index (χ1n) is 16.6. The number of hydrogen-bond acceptors (Lipinski definition) is 8. The lowest BCUT2D eigenvalue weighted by atomic mass is 10.5. The Morgan fingerprint density at radius 3 is 1.13 bits per heavy atom. The lowest BCUT2D eigenvalue weighted by molar-refractivity contribution is -0.696. The molecule has 0 aliphatic carbocycles. The lowest BCUT2D eigenvalue weighted by Crippen LogP contribution is -3.00. The molecule has 0 saturated carbocycles. The van der Waals surface area contributed by atoms with Crippen molar-refractivity contribution >= 4 is 17.6 Å². The SMILES string of the molecule is CCO[Si](CCC[n+]1ccn(CCOCCOCCn2cc[n+](CCC[Si](OCC)(OCC)OCC)c2)c1)(OCC)OCC.[Cl-].[Cl-]. The van der Waals surface area contributed by atoms with E-state index in [-0.39, 0.29) is 24.8 Å². The standard InChI is InChI=1S/C30H60N4O8Si2.2ClH/c1-7-37-43(38-8-2,39-9-3)27-13-15-31-17-19-33(29-31)21-23-35-25-26-36-24-22-34-20-18-32(30-34)16-14-28-44(40-10-4,41-11-5)42-12-6;;/h17-20,29-30H,7-16,21-28H2,1-6H3;2*1H/q+2;;/p-2. The van der Waals surface area contributed by atoms with E-state index in [1.54, 1.807) is 0 Å². The van der Waals surface area contributed by atoms with Gasteiger partial charge in [-0.15, -0.1) is 0 Å². The van der Waals surface area contributed by atoms with E-state index in [4.69, 9.17) is 36.0 Å². The molecule has 0 atom stereocenters. The van der Waals surface area contributed by atoms with Crippen LogP contribution >= 0.6 is 0 Å². The molecular formula is C30H60Cl2N4O8Si2. The molecule has 0 radical (unpaired) electrons. The third kappa shape index (κ3) is 17.5. The van der Waals surface area contributed by atoms with Gasteiger partial charge in [-0.05, 0) is 54.4 Å². The highest BCUT2D eigenvalue weighted by Gasteiger charge is 2.40. The van der Waals surface area contributed by atoms with Gasteiger partial charge in [0, 0.05) is 51.7 Å². The fraction of sp³-hybridized carbons (Fsp3) is 0.800. The van der Waals surface area contributed by atoms with Gasteiger partial charge < -0.3 is 60.8 Å². The third-order valence-corrected chi connectivity index (χ3v) is 13.1. The number of ether oxygens (including phenoxy) is 2. The molecule has 0 amide bonds. The van der Waals surface area contributed by atoms with E-state index >= 15 is 0 Å². The maximum atomic E-state index is 5.96. The third-order valence-electron chi connectivity index (χ3n) is 6.84. The highest BCUT2D eigenvalue weighted by atomic mass is 35.5. The summed E-state index contributed by atoms with van der Waals surface area (Å²) < 4.78 is 56.0. The first kappa shape index (κ1) is 45.1. The molecule has 0 bridgehead atoms. The smallest absolute Gasteiger partial charge is 0.501 e. The second-order valence-corrected chi connectivity index (χ2v) is 15.6. The minimum Gasteiger partial charge on any atom is -1.00 e. The molecule has 2 aromatic heterocycles. The number of hydrogen-bond donors (Lipinski definition) is 0. The molecule has 2 heterocycles. The van der Waals surface area contributed by atoms with E-state index in [9.17, 15) is 0 Å². The zero-order valence-electron chi connectivity index (χ0n) is 29.0. The number of nitrogens with zero attached hydrogens (tertiary/aromatic N) is 4. The Morgan fingerprint density at radius 2 is 0.826 bits per heavy atom. The summed E-state index contributed by atoms with van der Waals surface area (Å²) in [6.45, 7) is 21.4. The number of imidazole rings is 2. The summed E-state index contributed by atoms with van der Waals surface area (Å²) in [5.41, 5.74) is 0. The summed E-state index contributed by atoms with van der Waals surface area (Å²) >= 11 is 0. The van der Waals surface area contributed by atoms with Gasteiger partial charge >= 0.3 is 17.6 Å². The maximum Gasteiger partial charge on any atom is 0.501 e. The minimum absolute atomic E-state index is 0. The van der Waals surface area contributed by atoms with E-state index in [0.29, 0.717) is 66.1 Å². The van der Waals surface area contributed by atoms with E-state index in [0.717, 1.165) is 51.1 Å². The molecule has 16 heteroatoms. The predicted octanol–water partition coefficient (Wildman–Crippen LogP) is -2.52. The summed E-state index contributed by atoms with van der Waals surface area (Å²) in [5.74, 6) is 0. The van der Waals surface area contributed by atoms with Crippen molar-refractivity contribution in [3.63, 3.8) is 0 Å². The molecule has 0 aliphatic heterocycles. The van der Waals surface area contributed by atoms with Crippen LogP contribution in [0.5, 0.6) is 0 Å². The van der Waals surface area contributed by atoms with E-state index < -0.39 is 17.6 Å². The van der Waals surface area contributed by atoms with Crippen LogP contribution in [0.1, 0.15) is 54.4 Å². The molecule has 0 aliphatic rings. The normalized spacial score (nSPS) is 11.9. The molecule has 0 saturated heterocycles. The molecule has 270 valence electrons. The van der Waals surface area contributed by atoms with Crippen molar-refractivity contribution in [2.45, 2.75) is 92.7 Å². The molecule has 0 fully saturated rings. The Balaban J connectivity index is 0.0000101. The van der Waals surface area contributed by atoms with Gasteiger partial charge in [-0.3, -0.25) is 0 Å². The summed E-state index contributed by atoms with van der Waals surface area (Å²) in [4.78, 5) is 0. The van der Waals surface area contributed by atoms with Gasteiger partial charge in [-0.1, -0.05) is 0 Å². The molecule has 0 aromatic carbocycles.